The zero-order chi connectivity index (χ0) is 15.1. The summed E-state index contributed by atoms with van der Waals surface area (Å²) >= 11 is 0. The molecule has 0 aliphatic heterocycles. The number of benzene rings is 1. The van der Waals surface area contributed by atoms with Crippen molar-refractivity contribution >= 4 is 11.9 Å². The number of carbonyl (C=O) groups excluding carboxylic acids is 1. The van der Waals surface area contributed by atoms with Crippen molar-refractivity contribution in [1.29, 1.82) is 0 Å². The van der Waals surface area contributed by atoms with Gasteiger partial charge < -0.3 is 9.47 Å². The fourth-order valence-corrected chi connectivity index (χ4v) is 1.60. The van der Waals surface area contributed by atoms with Crippen LogP contribution in [0.5, 0.6) is 5.75 Å². The monoisotopic (exact) mass is 288 g/mol. The number of hydrogen-bond donors (Lipinski definition) is 2. The predicted molar refractivity (Wildman–Crippen MR) is 77.8 cm³/mol. The molecular weight excluding hydrogens is 272 g/mol. The molecule has 1 amide bonds. The SMILES string of the molecule is CCOC(=O)NNc1ccc(-c2ccc(OC)cc2)nn1. The van der Waals surface area contributed by atoms with Crippen LogP contribution in [0.3, 0.4) is 0 Å². The number of nitrogens with one attached hydrogen (secondary N) is 2. The van der Waals surface area contributed by atoms with Gasteiger partial charge in [-0.3, -0.25) is 5.43 Å². The quantitative estimate of drug-likeness (QED) is 0.821. The van der Waals surface area contributed by atoms with E-state index in [-0.39, 0.29) is 0 Å². The van der Waals surface area contributed by atoms with Gasteiger partial charge >= 0.3 is 6.09 Å². The van der Waals surface area contributed by atoms with Crippen LogP contribution in [0.4, 0.5) is 10.6 Å². The zero-order valence-electron chi connectivity index (χ0n) is 11.8. The number of aromatic nitrogens is 2. The van der Waals surface area contributed by atoms with Gasteiger partial charge in [-0.2, -0.15) is 0 Å². The molecule has 1 heterocycles. The third-order valence-corrected chi connectivity index (χ3v) is 2.62. The summed E-state index contributed by atoms with van der Waals surface area (Å²) in [5.41, 5.74) is 6.60. The van der Waals surface area contributed by atoms with E-state index >= 15 is 0 Å². The van der Waals surface area contributed by atoms with E-state index in [1.54, 1.807) is 26.2 Å². The summed E-state index contributed by atoms with van der Waals surface area (Å²) in [4.78, 5) is 11.1. The first-order chi connectivity index (χ1) is 10.2. The molecule has 0 aliphatic carbocycles. The molecular formula is C14H16N4O3. The lowest BCUT2D eigenvalue weighted by Crippen LogP contribution is -2.30. The lowest BCUT2D eigenvalue weighted by molar-refractivity contribution is 0.154. The van der Waals surface area contributed by atoms with Crippen LogP contribution in [0, 0.1) is 0 Å². The highest BCUT2D eigenvalue weighted by Gasteiger charge is 2.03. The third kappa shape index (κ3) is 4.07. The molecule has 110 valence electrons. The van der Waals surface area contributed by atoms with Crippen molar-refractivity contribution in [3.8, 4) is 17.0 Å². The highest BCUT2D eigenvalue weighted by molar-refractivity contribution is 5.69. The minimum atomic E-state index is -0.571. The molecule has 1 aromatic carbocycles. The van der Waals surface area contributed by atoms with Crippen molar-refractivity contribution in [1.82, 2.24) is 15.6 Å². The van der Waals surface area contributed by atoms with E-state index in [0.29, 0.717) is 12.4 Å². The maximum atomic E-state index is 11.1. The molecule has 0 aliphatic rings. The third-order valence-electron chi connectivity index (χ3n) is 2.62. The number of nitrogens with zero attached hydrogens (tertiary/aromatic N) is 2. The Morgan fingerprint density at radius 3 is 2.48 bits per heavy atom. The Bertz CT molecular complexity index is 584. The molecule has 7 heteroatoms. The Morgan fingerprint density at radius 1 is 1.14 bits per heavy atom. The normalized spacial score (nSPS) is 9.81. The fourth-order valence-electron chi connectivity index (χ4n) is 1.60. The molecule has 2 rings (SSSR count). The summed E-state index contributed by atoms with van der Waals surface area (Å²) in [5, 5.41) is 8.05. The van der Waals surface area contributed by atoms with E-state index in [9.17, 15) is 4.79 Å². The molecule has 0 bridgehead atoms. The lowest BCUT2D eigenvalue weighted by Gasteiger charge is -2.07. The summed E-state index contributed by atoms with van der Waals surface area (Å²) in [6.07, 6.45) is -0.571. The van der Waals surface area contributed by atoms with E-state index in [1.807, 2.05) is 24.3 Å². The molecule has 2 N–H and O–H groups in total. The van der Waals surface area contributed by atoms with Crippen LogP contribution < -0.4 is 15.6 Å². The summed E-state index contributed by atoms with van der Waals surface area (Å²) in [6.45, 7) is 2.03. The molecule has 0 fully saturated rings. The van der Waals surface area contributed by atoms with Gasteiger partial charge in [0.2, 0.25) is 0 Å². The van der Waals surface area contributed by atoms with Crippen molar-refractivity contribution in [3.63, 3.8) is 0 Å². The number of rotatable bonds is 5. The minimum Gasteiger partial charge on any atom is -0.497 e. The van der Waals surface area contributed by atoms with Crippen LogP contribution in [0.1, 0.15) is 6.92 Å². The Hall–Kier alpha value is -2.83. The number of ether oxygens (including phenoxy) is 2. The van der Waals surface area contributed by atoms with Crippen LogP contribution in [0.25, 0.3) is 11.3 Å². The van der Waals surface area contributed by atoms with Crippen LogP contribution in [-0.4, -0.2) is 30.0 Å². The molecule has 0 radical (unpaired) electrons. The highest BCUT2D eigenvalue weighted by Crippen LogP contribution is 2.20. The van der Waals surface area contributed by atoms with Crippen molar-refractivity contribution in [2.75, 3.05) is 19.1 Å². The van der Waals surface area contributed by atoms with Crippen molar-refractivity contribution in [2.24, 2.45) is 0 Å². The van der Waals surface area contributed by atoms with E-state index in [1.165, 1.54) is 0 Å². The lowest BCUT2D eigenvalue weighted by atomic mass is 10.1. The molecule has 0 saturated carbocycles. The van der Waals surface area contributed by atoms with Crippen molar-refractivity contribution in [3.05, 3.63) is 36.4 Å². The minimum absolute atomic E-state index is 0.301. The number of carbonyl (C=O) groups is 1. The molecule has 0 saturated heterocycles. The summed E-state index contributed by atoms with van der Waals surface area (Å²) in [6, 6.07) is 11.0. The molecule has 21 heavy (non-hydrogen) atoms. The molecule has 0 atom stereocenters. The average molecular weight is 288 g/mol. The van der Waals surface area contributed by atoms with Gasteiger partial charge in [-0.25, -0.2) is 10.2 Å². The first-order valence-corrected chi connectivity index (χ1v) is 6.40. The van der Waals surface area contributed by atoms with Crippen LogP contribution in [-0.2, 0) is 4.74 Å². The van der Waals surface area contributed by atoms with E-state index in [0.717, 1.165) is 17.0 Å². The largest absolute Gasteiger partial charge is 0.497 e. The topological polar surface area (TPSA) is 85.4 Å². The van der Waals surface area contributed by atoms with Crippen molar-refractivity contribution in [2.45, 2.75) is 6.92 Å². The summed E-state index contributed by atoms with van der Waals surface area (Å²) in [7, 11) is 1.62. The standard InChI is InChI=1S/C14H16N4O3/c1-3-21-14(19)18-17-13-9-8-12(15-16-13)10-4-6-11(20-2)7-5-10/h4-9H,3H2,1-2H3,(H,16,17)(H,18,19). The number of hydrogen-bond acceptors (Lipinski definition) is 6. The predicted octanol–water partition coefficient (Wildman–Crippen LogP) is 2.23. The van der Waals surface area contributed by atoms with E-state index in [4.69, 9.17) is 9.47 Å². The Balaban J connectivity index is 1.99. The first-order valence-electron chi connectivity index (χ1n) is 6.40. The average Bonchev–Trinajstić information content (AvgIpc) is 2.54. The molecule has 2 aromatic rings. The molecule has 7 nitrogen and oxygen atoms in total. The number of methoxy groups -OCH3 is 1. The van der Waals surface area contributed by atoms with Gasteiger partial charge in [-0.1, -0.05) is 0 Å². The Labute approximate surface area is 122 Å². The highest BCUT2D eigenvalue weighted by atomic mass is 16.5. The van der Waals surface area contributed by atoms with Gasteiger partial charge in [0.1, 0.15) is 5.75 Å². The Morgan fingerprint density at radius 2 is 1.90 bits per heavy atom. The number of hydrazine groups is 1. The molecule has 0 spiro atoms. The number of amides is 1. The maximum Gasteiger partial charge on any atom is 0.425 e. The van der Waals surface area contributed by atoms with Crippen LogP contribution in [0.2, 0.25) is 0 Å². The van der Waals surface area contributed by atoms with E-state index < -0.39 is 6.09 Å². The van der Waals surface area contributed by atoms with Crippen LogP contribution in [0.15, 0.2) is 36.4 Å². The van der Waals surface area contributed by atoms with Gasteiger partial charge in [0.15, 0.2) is 5.82 Å². The zero-order valence-corrected chi connectivity index (χ0v) is 11.8. The van der Waals surface area contributed by atoms with Crippen LogP contribution >= 0.6 is 0 Å². The molecule has 0 unspecified atom stereocenters. The van der Waals surface area contributed by atoms with Gasteiger partial charge in [-0.15, -0.1) is 10.2 Å². The van der Waals surface area contributed by atoms with Gasteiger partial charge in [0.25, 0.3) is 0 Å². The second kappa shape index (κ2) is 7.09. The second-order valence-electron chi connectivity index (χ2n) is 4.00. The molecule has 1 aromatic heterocycles. The van der Waals surface area contributed by atoms with E-state index in [2.05, 4.69) is 21.0 Å². The number of anilines is 1. The fraction of sp³-hybridized carbons (Fsp3) is 0.214. The summed E-state index contributed by atoms with van der Waals surface area (Å²) in [5.74, 6) is 1.20. The van der Waals surface area contributed by atoms with Gasteiger partial charge in [0.05, 0.1) is 19.4 Å². The maximum absolute atomic E-state index is 11.1. The Kier molecular flexibility index (Phi) is 4.92. The smallest absolute Gasteiger partial charge is 0.425 e. The van der Waals surface area contributed by atoms with Crippen molar-refractivity contribution < 1.29 is 14.3 Å². The summed E-state index contributed by atoms with van der Waals surface area (Å²) < 4.78 is 9.81. The van der Waals surface area contributed by atoms with Gasteiger partial charge in [0, 0.05) is 5.56 Å². The van der Waals surface area contributed by atoms with Gasteiger partial charge in [-0.05, 0) is 43.3 Å². The second-order valence-corrected chi connectivity index (χ2v) is 4.00. The first kappa shape index (κ1) is 14.6.